The third-order valence-electron chi connectivity index (χ3n) is 2.24. The van der Waals surface area contributed by atoms with Crippen LogP contribution in [-0.4, -0.2) is 20.5 Å². The first kappa shape index (κ1) is 8.26. The molecule has 1 heterocycles. The molecule has 0 atom stereocenters. The quantitative estimate of drug-likeness (QED) is 0.857. The molecule has 0 bridgehead atoms. The smallest absolute Gasteiger partial charge is 0.0667 e. The summed E-state index contributed by atoms with van der Waals surface area (Å²) < 4.78 is 2.84. The van der Waals surface area contributed by atoms with E-state index >= 15 is 0 Å². The Labute approximate surface area is 79.5 Å². The molecule has 4 heteroatoms. The van der Waals surface area contributed by atoms with Crippen molar-refractivity contribution in [3.05, 3.63) is 16.9 Å². The van der Waals surface area contributed by atoms with Gasteiger partial charge in [-0.05, 0) is 35.2 Å². The third-order valence-corrected chi connectivity index (χ3v) is 2.64. The number of hydrogen-bond acceptors (Lipinski definition) is 2. The number of hydrogen-bond donors (Lipinski definition) is 1. The molecule has 1 saturated carbocycles. The first-order valence-electron chi connectivity index (χ1n) is 4.08. The summed E-state index contributed by atoms with van der Waals surface area (Å²) in [6.45, 7) is 0.808. The van der Waals surface area contributed by atoms with Crippen molar-refractivity contribution in [3.63, 3.8) is 0 Å². The molecule has 0 radical (unpaired) electrons. The van der Waals surface area contributed by atoms with Crippen LogP contribution in [0.3, 0.4) is 0 Å². The van der Waals surface area contributed by atoms with E-state index in [9.17, 15) is 5.11 Å². The van der Waals surface area contributed by atoms with Gasteiger partial charge in [-0.25, -0.2) is 0 Å². The van der Waals surface area contributed by atoms with Crippen LogP contribution in [0.1, 0.15) is 19.3 Å². The SMILES string of the molecule is OC1(CCn2cc(Br)cn2)CC1. The summed E-state index contributed by atoms with van der Waals surface area (Å²) in [5.41, 5.74) is -0.363. The summed E-state index contributed by atoms with van der Waals surface area (Å²) >= 11 is 3.32. The Bertz CT molecular complexity index is 280. The molecule has 0 spiro atoms. The van der Waals surface area contributed by atoms with Gasteiger partial charge in [0.05, 0.1) is 16.3 Å². The second-order valence-electron chi connectivity index (χ2n) is 3.40. The van der Waals surface area contributed by atoms with E-state index in [1.165, 1.54) is 0 Å². The summed E-state index contributed by atoms with van der Waals surface area (Å²) in [4.78, 5) is 0. The molecule has 3 nitrogen and oxygen atoms in total. The highest BCUT2D eigenvalue weighted by Crippen LogP contribution is 2.38. The maximum absolute atomic E-state index is 9.54. The van der Waals surface area contributed by atoms with Gasteiger partial charge in [0.1, 0.15) is 0 Å². The van der Waals surface area contributed by atoms with Crippen LogP contribution in [0.4, 0.5) is 0 Å². The fraction of sp³-hybridized carbons (Fsp3) is 0.625. The topological polar surface area (TPSA) is 38.0 Å². The molecule has 2 rings (SSSR count). The van der Waals surface area contributed by atoms with Crippen molar-refractivity contribution >= 4 is 15.9 Å². The standard InChI is InChI=1S/C8H11BrN2O/c9-7-5-10-11(6-7)4-3-8(12)1-2-8/h5-6,12H,1-4H2. The van der Waals surface area contributed by atoms with E-state index in [4.69, 9.17) is 0 Å². The molecule has 0 aliphatic heterocycles. The highest BCUT2D eigenvalue weighted by molar-refractivity contribution is 9.10. The van der Waals surface area contributed by atoms with Crippen LogP contribution in [0.15, 0.2) is 16.9 Å². The monoisotopic (exact) mass is 230 g/mol. The molecule has 0 aromatic carbocycles. The maximum Gasteiger partial charge on any atom is 0.0667 e. The second kappa shape index (κ2) is 2.85. The Morgan fingerprint density at radius 3 is 2.92 bits per heavy atom. The van der Waals surface area contributed by atoms with Crippen LogP contribution in [0.25, 0.3) is 0 Å². The first-order chi connectivity index (χ1) is 5.68. The van der Waals surface area contributed by atoms with Crippen molar-refractivity contribution in [1.82, 2.24) is 9.78 Å². The minimum absolute atomic E-state index is 0.363. The van der Waals surface area contributed by atoms with Gasteiger partial charge in [0.2, 0.25) is 0 Å². The number of aromatic nitrogens is 2. The lowest BCUT2D eigenvalue weighted by Crippen LogP contribution is -2.11. The molecule has 0 unspecified atom stereocenters. The fourth-order valence-corrected chi connectivity index (χ4v) is 1.51. The molecule has 1 aliphatic carbocycles. The van der Waals surface area contributed by atoms with Gasteiger partial charge in [-0.1, -0.05) is 0 Å². The van der Waals surface area contributed by atoms with Gasteiger partial charge in [0.15, 0.2) is 0 Å². The van der Waals surface area contributed by atoms with Crippen LogP contribution >= 0.6 is 15.9 Å². The molecule has 66 valence electrons. The van der Waals surface area contributed by atoms with Crippen LogP contribution in [0, 0.1) is 0 Å². The van der Waals surface area contributed by atoms with Crippen LogP contribution in [0.2, 0.25) is 0 Å². The van der Waals surface area contributed by atoms with E-state index in [1.807, 2.05) is 10.9 Å². The zero-order chi connectivity index (χ0) is 8.60. The van der Waals surface area contributed by atoms with Crippen LogP contribution < -0.4 is 0 Å². The van der Waals surface area contributed by atoms with Crippen molar-refractivity contribution in [1.29, 1.82) is 0 Å². The molecule has 0 saturated heterocycles. The van der Waals surface area contributed by atoms with Gasteiger partial charge in [-0.2, -0.15) is 5.10 Å². The normalized spacial score (nSPS) is 19.5. The van der Waals surface area contributed by atoms with Gasteiger partial charge < -0.3 is 5.11 Å². The van der Waals surface area contributed by atoms with Gasteiger partial charge in [-0.3, -0.25) is 4.68 Å². The Balaban J connectivity index is 1.87. The van der Waals surface area contributed by atoms with Crippen molar-refractivity contribution in [3.8, 4) is 0 Å². The molecule has 1 aromatic heterocycles. The van der Waals surface area contributed by atoms with E-state index in [0.29, 0.717) is 0 Å². The Morgan fingerprint density at radius 1 is 1.67 bits per heavy atom. The van der Waals surface area contributed by atoms with Gasteiger partial charge in [-0.15, -0.1) is 0 Å². The average Bonchev–Trinajstić information content (AvgIpc) is 2.60. The second-order valence-corrected chi connectivity index (χ2v) is 4.31. The summed E-state index contributed by atoms with van der Waals surface area (Å²) in [6, 6.07) is 0. The van der Waals surface area contributed by atoms with Crippen molar-refractivity contribution in [2.24, 2.45) is 0 Å². The number of nitrogens with zero attached hydrogens (tertiary/aromatic N) is 2. The molecule has 0 amide bonds. The van der Waals surface area contributed by atoms with E-state index < -0.39 is 0 Å². The van der Waals surface area contributed by atoms with E-state index in [0.717, 1.165) is 30.3 Å². The zero-order valence-electron chi connectivity index (χ0n) is 6.70. The van der Waals surface area contributed by atoms with Crippen LogP contribution in [-0.2, 0) is 6.54 Å². The zero-order valence-corrected chi connectivity index (χ0v) is 8.29. The minimum Gasteiger partial charge on any atom is -0.390 e. The minimum atomic E-state index is -0.363. The molecule has 1 N–H and O–H groups in total. The Kier molecular flexibility index (Phi) is 1.96. The molecule has 12 heavy (non-hydrogen) atoms. The maximum atomic E-state index is 9.54. The van der Waals surface area contributed by atoms with Gasteiger partial charge in [0.25, 0.3) is 0 Å². The number of halogens is 1. The number of aryl methyl sites for hydroxylation is 1. The summed E-state index contributed by atoms with van der Waals surface area (Å²) in [5.74, 6) is 0. The number of aliphatic hydroxyl groups is 1. The Morgan fingerprint density at radius 2 is 2.42 bits per heavy atom. The Hall–Kier alpha value is -0.350. The molecule has 1 aromatic rings. The lowest BCUT2D eigenvalue weighted by molar-refractivity contribution is 0.132. The average molecular weight is 231 g/mol. The summed E-state index contributed by atoms with van der Waals surface area (Å²) in [7, 11) is 0. The van der Waals surface area contributed by atoms with Gasteiger partial charge >= 0.3 is 0 Å². The predicted octanol–water partition coefficient (Wildman–Crippen LogP) is 1.56. The summed E-state index contributed by atoms with van der Waals surface area (Å²) in [6.07, 6.45) is 6.41. The molecule has 1 fully saturated rings. The van der Waals surface area contributed by atoms with Crippen molar-refractivity contribution < 1.29 is 5.11 Å². The molecule has 1 aliphatic rings. The fourth-order valence-electron chi connectivity index (χ4n) is 1.18. The van der Waals surface area contributed by atoms with Gasteiger partial charge in [0, 0.05) is 12.7 Å². The third kappa shape index (κ3) is 1.87. The van der Waals surface area contributed by atoms with Crippen molar-refractivity contribution in [2.45, 2.75) is 31.4 Å². The molecular formula is C8H11BrN2O. The van der Waals surface area contributed by atoms with E-state index in [1.54, 1.807) is 6.20 Å². The lowest BCUT2D eigenvalue weighted by atomic mass is 10.2. The molecular weight excluding hydrogens is 220 g/mol. The highest BCUT2D eigenvalue weighted by atomic mass is 79.9. The first-order valence-corrected chi connectivity index (χ1v) is 4.88. The lowest BCUT2D eigenvalue weighted by Gasteiger charge is -2.06. The van der Waals surface area contributed by atoms with E-state index in [-0.39, 0.29) is 5.60 Å². The largest absolute Gasteiger partial charge is 0.390 e. The van der Waals surface area contributed by atoms with Crippen molar-refractivity contribution in [2.75, 3.05) is 0 Å². The number of rotatable bonds is 3. The summed E-state index contributed by atoms with van der Waals surface area (Å²) in [5, 5.41) is 13.6. The highest BCUT2D eigenvalue weighted by Gasteiger charge is 2.39. The van der Waals surface area contributed by atoms with E-state index in [2.05, 4.69) is 21.0 Å². The van der Waals surface area contributed by atoms with Crippen LogP contribution in [0.5, 0.6) is 0 Å². The predicted molar refractivity (Wildman–Crippen MR) is 48.7 cm³/mol.